The van der Waals surface area contributed by atoms with E-state index in [-0.39, 0.29) is 11.8 Å². The van der Waals surface area contributed by atoms with Gasteiger partial charge in [-0.25, -0.2) is 0 Å². The summed E-state index contributed by atoms with van der Waals surface area (Å²) in [4.78, 5) is 12.4. The van der Waals surface area contributed by atoms with E-state index in [9.17, 15) is 4.79 Å². The van der Waals surface area contributed by atoms with E-state index in [1.165, 1.54) is 0 Å². The average Bonchev–Trinajstić information content (AvgIpc) is 2.65. The van der Waals surface area contributed by atoms with Gasteiger partial charge in [0, 0.05) is 17.9 Å². The topological polar surface area (TPSA) is 26.3 Å². The van der Waals surface area contributed by atoms with Crippen LogP contribution in [0.3, 0.4) is 0 Å². The van der Waals surface area contributed by atoms with Gasteiger partial charge in [0.1, 0.15) is 11.5 Å². The molecule has 0 radical (unpaired) electrons. The van der Waals surface area contributed by atoms with Gasteiger partial charge in [-0.3, -0.25) is 4.79 Å². The zero-order valence-corrected chi connectivity index (χ0v) is 14.0. The van der Waals surface area contributed by atoms with Crippen LogP contribution >= 0.6 is 0 Å². The Morgan fingerprint density at radius 2 is 1.79 bits per heavy atom. The van der Waals surface area contributed by atoms with Crippen LogP contribution in [0.4, 0.5) is 0 Å². The first-order chi connectivity index (χ1) is 11.8. The Morgan fingerprint density at radius 3 is 2.46 bits per heavy atom. The molecule has 0 aliphatic heterocycles. The summed E-state index contributed by atoms with van der Waals surface area (Å²) in [5.74, 6) is 7.81. The minimum absolute atomic E-state index is 0.0203. The molecule has 1 aliphatic carbocycles. The first-order valence-corrected chi connectivity index (χ1v) is 8.51. The first kappa shape index (κ1) is 16.3. The maximum Gasteiger partial charge on any atom is 0.137 e. The predicted octanol–water partition coefficient (Wildman–Crippen LogP) is 4.59. The number of benzene rings is 2. The number of methoxy groups -OCH3 is 1. The van der Waals surface area contributed by atoms with Gasteiger partial charge in [0.2, 0.25) is 0 Å². The Kier molecular flexibility index (Phi) is 5.33. The molecule has 0 bridgehead atoms. The van der Waals surface area contributed by atoms with E-state index in [0.717, 1.165) is 36.1 Å². The van der Waals surface area contributed by atoms with Crippen molar-refractivity contribution in [3.63, 3.8) is 0 Å². The van der Waals surface area contributed by atoms with Crippen molar-refractivity contribution in [2.75, 3.05) is 7.11 Å². The molecule has 1 fully saturated rings. The van der Waals surface area contributed by atoms with Crippen molar-refractivity contribution in [1.82, 2.24) is 0 Å². The molecule has 0 amide bonds. The lowest BCUT2D eigenvalue weighted by molar-refractivity contribution is -0.124. The summed E-state index contributed by atoms with van der Waals surface area (Å²) in [6.45, 7) is 0. The molecule has 0 spiro atoms. The van der Waals surface area contributed by atoms with Crippen molar-refractivity contribution in [1.29, 1.82) is 0 Å². The molecule has 0 heterocycles. The quantitative estimate of drug-likeness (QED) is 0.774. The molecule has 24 heavy (non-hydrogen) atoms. The Balaban J connectivity index is 1.90. The Labute approximate surface area is 143 Å². The molecule has 0 unspecified atom stereocenters. The van der Waals surface area contributed by atoms with Crippen molar-refractivity contribution < 1.29 is 9.53 Å². The minimum atomic E-state index is -0.0268. The minimum Gasteiger partial charge on any atom is -0.497 e. The van der Waals surface area contributed by atoms with Crippen LogP contribution in [0.2, 0.25) is 0 Å². The molecule has 2 nitrogen and oxygen atoms in total. The van der Waals surface area contributed by atoms with Crippen molar-refractivity contribution in [2.24, 2.45) is 5.92 Å². The normalized spacial score (nSPS) is 18.4. The molecule has 2 aromatic rings. The molecule has 122 valence electrons. The predicted molar refractivity (Wildman–Crippen MR) is 96.0 cm³/mol. The molecule has 0 saturated heterocycles. The zero-order valence-electron chi connectivity index (χ0n) is 14.0. The molecular weight excluding hydrogens is 296 g/mol. The lowest BCUT2D eigenvalue weighted by atomic mass is 9.76. The summed E-state index contributed by atoms with van der Waals surface area (Å²) < 4.78 is 5.18. The standard InChI is InChI=1S/C22H22O2/c1-24-19-14-11-17(12-15-19)13-16-20(18-7-3-2-4-8-18)21-9-5-6-10-22(21)23/h2-4,7-8,11-12,14-15,20-21H,5-6,9-10H2,1H3/t20-,21-/m0/s1. The van der Waals surface area contributed by atoms with Crippen LogP contribution in [0.25, 0.3) is 0 Å². The van der Waals surface area contributed by atoms with Crippen LogP contribution in [-0.4, -0.2) is 12.9 Å². The SMILES string of the molecule is COc1ccc(C#C[C@@H](c2ccccc2)[C@@H]2CCCCC2=O)cc1. The maximum atomic E-state index is 12.4. The summed E-state index contributed by atoms with van der Waals surface area (Å²) >= 11 is 0. The smallest absolute Gasteiger partial charge is 0.137 e. The van der Waals surface area contributed by atoms with Gasteiger partial charge < -0.3 is 4.74 Å². The van der Waals surface area contributed by atoms with Crippen LogP contribution < -0.4 is 4.74 Å². The number of hydrogen-bond acceptors (Lipinski definition) is 2. The van der Waals surface area contributed by atoms with Gasteiger partial charge in [0.25, 0.3) is 0 Å². The second kappa shape index (κ2) is 7.84. The maximum absolute atomic E-state index is 12.4. The average molecular weight is 318 g/mol. The van der Waals surface area contributed by atoms with E-state index >= 15 is 0 Å². The lowest BCUT2D eigenvalue weighted by Gasteiger charge is -2.26. The first-order valence-electron chi connectivity index (χ1n) is 8.51. The Hall–Kier alpha value is -2.53. The summed E-state index contributed by atoms with van der Waals surface area (Å²) in [5, 5.41) is 0. The van der Waals surface area contributed by atoms with Crippen molar-refractivity contribution in [3.05, 3.63) is 65.7 Å². The highest BCUT2D eigenvalue weighted by Gasteiger charge is 2.30. The van der Waals surface area contributed by atoms with E-state index in [1.807, 2.05) is 42.5 Å². The Morgan fingerprint density at radius 1 is 1.04 bits per heavy atom. The van der Waals surface area contributed by atoms with Gasteiger partial charge >= 0.3 is 0 Å². The summed E-state index contributed by atoms with van der Waals surface area (Å²) in [6.07, 6.45) is 3.76. The van der Waals surface area contributed by atoms with E-state index in [2.05, 4.69) is 24.0 Å². The molecule has 0 N–H and O–H groups in total. The van der Waals surface area contributed by atoms with Gasteiger partial charge in [0.15, 0.2) is 0 Å². The molecule has 3 rings (SSSR count). The van der Waals surface area contributed by atoms with Gasteiger partial charge in [-0.2, -0.15) is 0 Å². The van der Waals surface area contributed by atoms with Gasteiger partial charge in [-0.1, -0.05) is 48.6 Å². The van der Waals surface area contributed by atoms with E-state index in [0.29, 0.717) is 12.2 Å². The zero-order chi connectivity index (χ0) is 16.8. The van der Waals surface area contributed by atoms with Crippen molar-refractivity contribution in [2.45, 2.75) is 31.6 Å². The largest absolute Gasteiger partial charge is 0.497 e. The van der Waals surface area contributed by atoms with E-state index in [4.69, 9.17) is 4.74 Å². The van der Waals surface area contributed by atoms with Gasteiger partial charge in [0.05, 0.1) is 13.0 Å². The van der Waals surface area contributed by atoms with Crippen LogP contribution in [-0.2, 0) is 4.79 Å². The van der Waals surface area contributed by atoms with Gasteiger partial charge in [-0.15, -0.1) is 0 Å². The number of rotatable bonds is 3. The number of carbonyl (C=O) groups excluding carboxylic acids is 1. The lowest BCUT2D eigenvalue weighted by Crippen LogP contribution is -2.25. The molecule has 1 saturated carbocycles. The van der Waals surface area contributed by atoms with Crippen LogP contribution in [0.15, 0.2) is 54.6 Å². The third-order valence-electron chi connectivity index (χ3n) is 4.62. The fourth-order valence-electron chi connectivity index (χ4n) is 3.27. The fourth-order valence-corrected chi connectivity index (χ4v) is 3.27. The number of carbonyl (C=O) groups is 1. The fraction of sp³-hybridized carbons (Fsp3) is 0.318. The van der Waals surface area contributed by atoms with E-state index in [1.54, 1.807) is 7.11 Å². The highest BCUT2D eigenvalue weighted by molar-refractivity contribution is 5.83. The number of ketones is 1. The monoisotopic (exact) mass is 318 g/mol. The van der Waals surface area contributed by atoms with Crippen molar-refractivity contribution >= 4 is 5.78 Å². The summed E-state index contributed by atoms with van der Waals surface area (Å²) in [7, 11) is 1.65. The third-order valence-corrected chi connectivity index (χ3v) is 4.62. The molecule has 2 heteroatoms. The molecule has 2 aromatic carbocycles. The second-order valence-corrected chi connectivity index (χ2v) is 6.20. The molecule has 2 atom stereocenters. The third kappa shape index (κ3) is 3.86. The van der Waals surface area contributed by atoms with Crippen LogP contribution in [0.5, 0.6) is 5.75 Å². The Bertz CT molecular complexity index is 735. The summed E-state index contributed by atoms with van der Waals surface area (Å²) in [6, 6.07) is 17.9. The number of hydrogen-bond donors (Lipinski definition) is 0. The van der Waals surface area contributed by atoms with Crippen LogP contribution in [0, 0.1) is 17.8 Å². The molecule has 0 aromatic heterocycles. The highest BCUT2D eigenvalue weighted by Crippen LogP contribution is 2.33. The van der Waals surface area contributed by atoms with Crippen molar-refractivity contribution in [3.8, 4) is 17.6 Å². The summed E-state index contributed by atoms with van der Waals surface area (Å²) in [5.41, 5.74) is 2.08. The molecular formula is C22H22O2. The molecule has 1 aliphatic rings. The second-order valence-electron chi connectivity index (χ2n) is 6.20. The van der Waals surface area contributed by atoms with Crippen LogP contribution in [0.1, 0.15) is 42.7 Å². The number of ether oxygens (including phenoxy) is 1. The van der Waals surface area contributed by atoms with E-state index < -0.39 is 0 Å². The highest BCUT2D eigenvalue weighted by atomic mass is 16.5. The number of Topliss-reactive ketones (excluding diaryl/α,β-unsaturated/α-hetero) is 1. The van der Waals surface area contributed by atoms with Gasteiger partial charge in [-0.05, 0) is 42.7 Å².